The number of ketones is 1. The lowest BCUT2D eigenvalue weighted by molar-refractivity contribution is -0.126. The second kappa shape index (κ2) is 11.9. The van der Waals surface area contributed by atoms with E-state index < -0.39 is 17.7 Å². The second-order valence-corrected chi connectivity index (χ2v) is 6.78. The molecule has 32 heavy (non-hydrogen) atoms. The molecule has 1 atom stereocenters. The van der Waals surface area contributed by atoms with E-state index in [2.05, 4.69) is 15.5 Å². The van der Waals surface area contributed by atoms with Gasteiger partial charge >= 0.3 is 0 Å². The minimum atomic E-state index is -1.41. The van der Waals surface area contributed by atoms with Gasteiger partial charge in [-0.2, -0.15) is 10.2 Å². The number of ether oxygens (including phenoxy) is 4. The SMILES string of the molecule is CCOc1ccc(Cl)c(NC(=O)C(N=Nc2ccc(OC)cc2OC)C(C)=O)c1OCC. The summed E-state index contributed by atoms with van der Waals surface area (Å²) >= 11 is 6.29. The molecule has 0 saturated carbocycles. The zero-order valence-corrected chi connectivity index (χ0v) is 19.4. The summed E-state index contributed by atoms with van der Waals surface area (Å²) in [5.41, 5.74) is 0.520. The van der Waals surface area contributed by atoms with Crippen molar-refractivity contribution >= 4 is 34.7 Å². The monoisotopic (exact) mass is 463 g/mol. The molecule has 10 heteroatoms. The number of methoxy groups -OCH3 is 2. The van der Waals surface area contributed by atoms with Crippen LogP contribution >= 0.6 is 11.6 Å². The highest BCUT2D eigenvalue weighted by Gasteiger charge is 2.26. The van der Waals surface area contributed by atoms with Crippen LogP contribution in [0.5, 0.6) is 23.0 Å². The van der Waals surface area contributed by atoms with Crippen molar-refractivity contribution in [3.63, 3.8) is 0 Å². The first-order valence-corrected chi connectivity index (χ1v) is 10.3. The van der Waals surface area contributed by atoms with Gasteiger partial charge in [-0.25, -0.2) is 0 Å². The van der Waals surface area contributed by atoms with Crippen LogP contribution in [0, 0.1) is 0 Å². The minimum absolute atomic E-state index is 0.188. The van der Waals surface area contributed by atoms with Crippen molar-refractivity contribution in [2.75, 3.05) is 32.8 Å². The van der Waals surface area contributed by atoms with Crippen LogP contribution in [0.3, 0.4) is 0 Å². The zero-order valence-electron chi connectivity index (χ0n) is 18.6. The number of nitrogens with one attached hydrogen (secondary N) is 1. The average molecular weight is 464 g/mol. The van der Waals surface area contributed by atoms with Crippen molar-refractivity contribution in [2.45, 2.75) is 26.8 Å². The Labute approximate surface area is 191 Å². The van der Waals surface area contributed by atoms with Crippen LogP contribution < -0.4 is 24.3 Å². The summed E-state index contributed by atoms with van der Waals surface area (Å²) in [7, 11) is 2.99. The van der Waals surface area contributed by atoms with E-state index in [-0.39, 0.29) is 16.5 Å². The van der Waals surface area contributed by atoms with Crippen LogP contribution in [0.25, 0.3) is 0 Å². The molecular weight excluding hydrogens is 438 g/mol. The molecule has 9 nitrogen and oxygen atoms in total. The molecule has 2 aromatic rings. The van der Waals surface area contributed by atoms with Gasteiger partial charge in [0.1, 0.15) is 22.9 Å². The van der Waals surface area contributed by atoms with E-state index in [0.29, 0.717) is 36.1 Å². The molecule has 1 N–H and O–H groups in total. The van der Waals surface area contributed by atoms with E-state index in [1.165, 1.54) is 21.1 Å². The number of hydrogen-bond acceptors (Lipinski definition) is 8. The Kier molecular flexibility index (Phi) is 9.27. The Balaban J connectivity index is 2.35. The number of benzene rings is 2. The maximum Gasteiger partial charge on any atom is 0.258 e. The Bertz CT molecular complexity index is 996. The summed E-state index contributed by atoms with van der Waals surface area (Å²) in [6.07, 6.45) is 0. The average Bonchev–Trinajstić information content (AvgIpc) is 2.78. The molecule has 1 amide bonds. The van der Waals surface area contributed by atoms with Gasteiger partial charge in [0.25, 0.3) is 5.91 Å². The van der Waals surface area contributed by atoms with E-state index in [1.807, 2.05) is 6.92 Å². The van der Waals surface area contributed by atoms with Gasteiger partial charge in [-0.1, -0.05) is 11.6 Å². The minimum Gasteiger partial charge on any atom is -0.497 e. The molecule has 2 aromatic carbocycles. The number of amides is 1. The number of hydrogen-bond donors (Lipinski definition) is 1. The lowest BCUT2D eigenvalue weighted by Crippen LogP contribution is -2.32. The fourth-order valence-electron chi connectivity index (χ4n) is 2.71. The third kappa shape index (κ3) is 6.10. The van der Waals surface area contributed by atoms with Crippen LogP contribution in [0.2, 0.25) is 5.02 Å². The van der Waals surface area contributed by atoms with Crippen LogP contribution in [-0.2, 0) is 9.59 Å². The molecule has 0 saturated heterocycles. The van der Waals surface area contributed by atoms with E-state index in [4.69, 9.17) is 30.5 Å². The summed E-state index contributed by atoms with van der Waals surface area (Å²) in [6, 6.07) is 6.67. The van der Waals surface area contributed by atoms with Gasteiger partial charge in [0.2, 0.25) is 6.04 Å². The van der Waals surface area contributed by atoms with Gasteiger partial charge < -0.3 is 24.3 Å². The summed E-state index contributed by atoms with van der Waals surface area (Å²) in [4.78, 5) is 25.1. The molecule has 0 aliphatic heterocycles. The van der Waals surface area contributed by atoms with Crippen molar-refractivity contribution in [2.24, 2.45) is 10.2 Å². The number of halogens is 1. The number of rotatable bonds is 11. The number of carbonyl (C=O) groups excluding carboxylic acids is 2. The number of Topliss-reactive ketones (excluding diaryl/α,β-unsaturated/α-hetero) is 1. The summed E-state index contributed by atoms with van der Waals surface area (Å²) in [5.74, 6) is 0.402. The first-order chi connectivity index (χ1) is 15.4. The van der Waals surface area contributed by atoms with Crippen LogP contribution in [0.4, 0.5) is 11.4 Å². The first-order valence-electron chi connectivity index (χ1n) is 9.88. The molecule has 2 rings (SSSR count). The predicted octanol–water partition coefficient (Wildman–Crippen LogP) is 4.83. The number of nitrogens with zero attached hydrogens (tertiary/aromatic N) is 2. The number of azo groups is 1. The molecule has 0 spiro atoms. The van der Waals surface area contributed by atoms with E-state index in [1.54, 1.807) is 37.3 Å². The molecule has 0 heterocycles. The fraction of sp³-hybridized carbons (Fsp3) is 0.364. The van der Waals surface area contributed by atoms with E-state index in [0.717, 1.165) is 0 Å². The molecule has 0 aliphatic rings. The highest BCUT2D eigenvalue weighted by Crippen LogP contribution is 2.41. The lowest BCUT2D eigenvalue weighted by Gasteiger charge is -2.18. The van der Waals surface area contributed by atoms with Crippen molar-refractivity contribution in [1.82, 2.24) is 0 Å². The summed E-state index contributed by atoms with van der Waals surface area (Å²) in [6.45, 7) is 5.56. The number of anilines is 1. The molecule has 1 unspecified atom stereocenters. The quantitative estimate of drug-likeness (QED) is 0.377. The van der Waals surface area contributed by atoms with Crippen LogP contribution in [0.15, 0.2) is 40.6 Å². The molecule has 0 fully saturated rings. The predicted molar refractivity (Wildman–Crippen MR) is 121 cm³/mol. The Morgan fingerprint density at radius 3 is 2.34 bits per heavy atom. The molecular formula is C22H26ClN3O6. The highest BCUT2D eigenvalue weighted by molar-refractivity contribution is 6.34. The van der Waals surface area contributed by atoms with Gasteiger partial charge in [0.15, 0.2) is 17.3 Å². The number of carbonyl (C=O) groups is 2. The molecule has 0 aromatic heterocycles. The standard InChI is InChI=1S/C22H26ClN3O6/c1-6-31-17-11-9-15(23)20(21(17)32-7-2)24-22(28)19(13(3)27)26-25-16-10-8-14(29-4)12-18(16)30-5/h8-12,19H,6-7H2,1-5H3,(H,24,28). The maximum atomic E-state index is 12.9. The Morgan fingerprint density at radius 2 is 1.75 bits per heavy atom. The van der Waals surface area contributed by atoms with Crippen LogP contribution in [-0.4, -0.2) is 45.2 Å². The van der Waals surface area contributed by atoms with E-state index >= 15 is 0 Å². The molecule has 0 aliphatic carbocycles. The Morgan fingerprint density at radius 1 is 1.03 bits per heavy atom. The van der Waals surface area contributed by atoms with Crippen LogP contribution in [0.1, 0.15) is 20.8 Å². The normalized spacial score (nSPS) is 11.7. The van der Waals surface area contributed by atoms with Gasteiger partial charge in [-0.15, -0.1) is 0 Å². The topological polar surface area (TPSA) is 108 Å². The Hall–Kier alpha value is -3.33. The highest BCUT2D eigenvalue weighted by atomic mass is 35.5. The lowest BCUT2D eigenvalue weighted by atomic mass is 10.2. The van der Waals surface area contributed by atoms with Gasteiger partial charge in [-0.3, -0.25) is 9.59 Å². The van der Waals surface area contributed by atoms with Crippen molar-refractivity contribution in [3.05, 3.63) is 35.4 Å². The van der Waals surface area contributed by atoms with Crippen molar-refractivity contribution in [3.8, 4) is 23.0 Å². The largest absolute Gasteiger partial charge is 0.497 e. The molecule has 172 valence electrons. The van der Waals surface area contributed by atoms with E-state index in [9.17, 15) is 9.59 Å². The van der Waals surface area contributed by atoms with Gasteiger partial charge in [-0.05, 0) is 45.0 Å². The maximum absolute atomic E-state index is 12.9. The van der Waals surface area contributed by atoms with Gasteiger partial charge in [0.05, 0.1) is 32.5 Å². The fourth-order valence-corrected chi connectivity index (χ4v) is 2.91. The second-order valence-electron chi connectivity index (χ2n) is 6.37. The van der Waals surface area contributed by atoms with Crippen molar-refractivity contribution < 1.29 is 28.5 Å². The summed E-state index contributed by atoms with van der Waals surface area (Å²) in [5, 5.41) is 10.8. The molecule has 0 bridgehead atoms. The summed E-state index contributed by atoms with van der Waals surface area (Å²) < 4.78 is 21.6. The first kappa shape index (κ1) is 24.9. The smallest absolute Gasteiger partial charge is 0.258 e. The third-order valence-corrected chi connectivity index (χ3v) is 4.52. The van der Waals surface area contributed by atoms with Crippen molar-refractivity contribution in [1.29, 1.82) is 0 Å². The zero-order chi connectivity index (χ0) is 23.7. The molecule has 0 radical (unpaired) electrons. The van der Waals surface area contributed by atoms with Gasteiger partial charge in [0, 0.05) is 6.07 Å². The third-order valence-electron chi connectivity index (χ3n) is 4.21.